The molecule has 1 aromatic rings. The summed E-state index contributed by atoms with van der Waals surface area (Å²) in [7, 11) is 0. The third-order valence-electron chi connectivity index (χ3n) is 2.98. The van der Waals surface area contributed by atoms with Crippen LogP contribution in [0.15, 0.2) is 35.9 Å². The van der Waals surface area contributed by atoms with Gasteiger partial charge in [-0.25, -0.2) is 0 Å². The van der Waals surface area contributed by atoms with Gasteiger partial charge < -0.3 is 5.32 Å². The highest BCUT2D eigenvalue weighted by Gasteiger charge is 2.17. The number of nitrogens with one attached hydrogen (secondary N) is 1. The van der Waals surface area contributed by atoms with E-state index in [0.29, 0.717) is 6.04 Å². The van der Waals surface area contributed by atoms with Gasteiger partial charge in [0.25, 0.3) is 0 Å². The molecular weight excluding hydrogens is 182 g/mol. The first kappa shape index (κ1) is 10.4. The quantitative estimate of drug-likeness (QED) is 0.724. The van der Waals surface area contributed by atoms with Crippen molar-refractivity contribution in [2.24, 2.45) is 0 Å². The Balaban J connectivity index is 2.19. The molecule has 2 rings (SSSR count). The van der Waals surface area contributed by atoms with Crippen LogP contribution in [-0.4, -0.2) is 6.54 Å². The Hall–Kier alpha value is -1.08. The molecule has 1 aromatic carbocycles. The van der Waals surface area contributed by atoms with E-state index < -0.39 is 0 Å². The zero-order valence-corrected chi connectivity index (χ0v) is 9.59. The van der Waals surface area contributed by atoms with Crippen molar-refractivity contribution in [2.75, 3.05) is 6.54 Å². The highest BCUT2D eigenvalue weighted by atomic mass is 14.9. The zero-order valence-electron chi connectivity index (χ0n) is 9.59. The van der Waals surface area contributed by atoms with Crippen LogP contribution in [0.1, 0.15) is 37.4 Å². The van der Waals surface area contributed by atoms with Gasteiger partial charge in [-0.3, -0.25) is 0 Å². The average molecular weight is 201 g/mol. The van der Waals surface area contributed by atoms with Gasteiger partial charge in [0.05, 0.1) is 0 Å². The Morgan fingerprint density at radius 2 is 2.20 bits per heavy atom. The summed E-state index contributed by atoms with van der Waals surface area (Å²) in [5.41, 5.74) is 4.41. The van der Waals surface area contributed by atoms with Gasteiger partial charge in [0.2, 0.25) is 0 Å². The van der Waals surface area contributed by atoms with Gasteiger partial charge in [-0.05, 0) is 44.4 Å². The molecule has 1 aliphatic heterocycles. The van der Waals surface area contributed by atoms with Crippen molar-refractivity contribution >= 4 is 0 Å². The molecule has 0 amide bonds. The first-order chi connectivity index (χ1) is 7.27. The SMILES string of the molecule is CC(C)=CCC1NCCc2ccccc21. The zero-order chi connectivity index (χ0) is 10.7. The smallest absolute Gasteiger partial charge is 0.0357 e. The second-order valence-corrected chi connectivity index (χ2v) is 4.47. The van der Waals surface area contributed by atoms with Crippen LogP contribution in [0, 0.1) is 0 Å². The van der Waals surface area contributed by atoms with E-state index in [9.17, 15) is 0 Å². The number of hydrogen-bond acceptors (Lipinski definition) is 1. The van der Waals surface area contributed by atoms with Crippen molar-refractivity contribution in [1.29, 1.82) is 0 Å². The first-order valence-corrected chi connectivity index (χ1v) is 5.72. The van der Waals surface area contributed by atoms with Gasteiger partial charge in [-0.1, -0.05) is 35.9 Å². The van der Waals surface area contributed by atoms with E-state index in [0.717, 1.165) is 13.0 Å². The maximum Gasteiger partial charge on any atom is 0.0357 e. The molecule has 0 aromatic heterocycles. The molecule has 0 fully saturated rings. The minimum absolute atomic E-state index is 0.518. The molecule has 1 atom stereocenters. The largest absolute Gasteiger partial charge is 0.309 e. The fourth-order valence-electron chi connectivity index (χ4n) is 2.16. The summed E-state index contributed by atoms with van der Waals surface area (Å²) in [4.78, 5) is 0. The van der Waals surface area contributed by atoms with Crippen molar-refractivity contribution in [3.8, 4) is 0 Å². The summed E-state index contributed by atoms with van der Waals surface area (Å²) in [6, 6.07) is 9.31. The highest BCUT2D eigenvalue weighted by molar-refractivity contribution is 5.32. The lowest BCUT2D eigenvalue weighted by atomic mass is 9.92. The van der Waals surface area contributed by atoms with Crippen LogP contribution < -0.4 is 5.32 Å². The topological polar surface area (TPSA) is 12.0 Å². The summed E-state index contributed by atoms with van der Waals surface area (Å²) in [5.74, 6) is 0. The normalized spacial score (nSPS) is 19.5. The molecule has 0 spiro atoms. The number of fused-ring (bicyclic) bond motifs is 1. The third-order valence-corrected chi connectivity index (χ3v) is 2.98. The van der Waals surface area contributed by atoms with Crippen molar-refractivity contribution in [2.45, 2.75) is 32.7 Å². The highest BCUT2D eigenvalue weighted by Crippen LogP contribution is 2.25. The monoisotopic (exact) mass is 201 g/mol. The predicted molar refractivity (Wildman–Crippen MR) is 64.9 cm³/mol. The molecule has 1 heteroatoms. The molecule has 15 heavy (non-hydrogen) atoms. The number of benzene rings is 1. The average Bonchev–Trinajstić information content (AvgIpc) is 2.26. The third kappa shape index (κ3) is 2.48. The van der Waals surface area contributed by atoms with Gasteiger partial charge in [-0.15, -0.1) is 0 Å². The van der Waals surface area contributed by atoms with Crippen LogP contribution in [0.5, 0.6) is 0 Å². The van der Waals surface area contributed by atoms with Crippen molar-refractivity contribution in [3.05, 3.63) is 47.0 Å². The molecule has 80 valence electrons. The Labute approximate surface area is 92.2 Å². The van der Waals surface area contributed by atoms with Gasteiger partial charge >= 0.3 is 0 Å². The van der Waals surface area contributed by atoms with Crippen LogP contribution in [-0.2, 0) is 6.42 Å². The summed E-state index contributed by atoms with van der Waals surface area (Å²) in [6.45, 7) is 5.43. The second-order valence-electron chi connectivity index (χ2n) is 4.47. The first-order valence-electron chi connectivity index (χ1n) is 5.72. The molecule has 1 N–H and O–H groups in total. The van der Waals surface area contributed by atoms with Crippen molar-refractivity contribution in [1.82, 2.24) is 5.32 Å². The fraction of sp³-hybridized carbons (Fsp3) is 0.429. The van der Waals surface area contributed by atoms with E-state index in [-0.39, 0.29) is 0 Å². The van der Waals surface area contributed by atoms with E-state index in [1.165, 1.54) is 23.1 Å². The van der Waals surface area contributed by atoms with E-state index >= 15 is 0 Å². The molecule has 0 radical (unpaired) electrons. The van der Waals surface area contributed by atoms with Crippen molar-refractivity contribution < 1.29 is 0 Å². The Bertz CT molecular complexity index is 361. The number of hydrogen-bond donors (Lipinski definition) is 1. The number of allylic oxidation sites excluding steroid dienone is 1. The summed E-state index contributed by atoms with van der Waals surface area (Å²) in [6.07, 6.45) is 4.60. The predicted octanol–water partition coefficient (Wildman–Crippen LogP) is 3.23. The summed E-state index contributed by atoms with van der Waals surface area (Å²) >= 11 is 0. The van der Waals surface area contributed by atoms with E-state index in [1.807, 2.05) is 0 Å². The van der Waals surface area contributed by atoms with E-state index in [1.54, 1.807) is 0 Å². The minimum atomic E-state index is 0.518. The molecule has 1 nitrogen and oxygen atoms in total. The molecule has 0 bridgehead atoms. The van der Waals surface area contributed by atoms with Gasteiger partial charge in [0, 0.05) is 6.04 Å². The molecule has 0 saturated heterocycles. The van der Waals surface area contributed by atoms with Crippen LogP contribution in [0.3, 0.4) is 0 Å². The summed E-state index contributed by atoms with van der Waals surface area (Å²) < 4.78 is 0. The van der Waals surface area contributed by atoms with E-state index in [4.69, 9.17) is 0 Å². The van der Waals surface area contributed by atoms with Crippen LogP contribution in [0.25, 0.3) is 0 Å². The standard InChI is InChI=1S/C14H19N/c1-11(2)7-8-14-13-6-4-3-5-12(13)9-10-15-14/h3-7,14-15H,8-10H2,1-2H3. The lowest BCUT2D eigenvalue weighted by molar-refractivity contribution is 0.509. The van der Waals surface area contributed by atoms with Gasteiger partial charge in [-0.2, -0.15) is 0 Å². The molecule has 1 unspecified atom stereocenters. The van der Waals surface area contributed by atoms with Gasteiger partial charge in [0.1, 0.15) is 0 Å². The maximum atomic E-state index is 3.59. The molecule has 0 saturated carbocycles. The molecule has 1 aliphatic rings. The minimum Gasteiger partial charge on any atom is -0.309 e. The van der Waals surface area contributed by atoms with Gasteiger partial charge in [0.15, 0.2) is 0 Å². The second kappa shape index (κ2) is 4.63. The molecule has 0 aliphatic carbocycles. The van der Waals surface area contributed by atoms with Crippen LogP contribution in [0.2, 0.25) is 0 Å². The lowest BCUT2D eigenvalue weighted by Crippen LogP contribution is -2.29. The summed E-state index contributed by atoms with van der Waals surface area (Å²) in [5, 5.41) is 3.59. The van der Waals surface area contributed by atoms with Crippen LogP contribution in [0.4, 0.5) is 0 Å². The fourth-order valence-corrected chi connectivity index (χ4v) is 2.16. The Morgan fingerprint density at radius 1 is 1.40 bits per heavy atom. The molecular formula is C14H19N. The Morgan fingerprint density at radius 3 is 3.00 bits per heavy atom. The van der Waals surface area contributed by atoms with Crippen LogP contribution >= 0.6 is 0 Å². The van der Waals surface area contributed by atoms with Crippen molar-refractivity contribution in [3.63, 3.8) is 0 Å². The Kier molecular flexibility index (Phi) is 3.22. The number of rotatable bonds is 2. The van der Waals surface area contributed by atoms with E-state index in [2.05, 4.69) is 49.5 Å². The lowest BCUT2D eigenvalue weighted by Gasteiger charge is -2.26. The maximum absolute atomic E-state index is 3.59. The molecule has 1 heterocycles.